The van der Waals surface area contributed by atoms with Crippen LogP contribution in [0.2, 0.25) is 0 Å². The van der Waals surface area contributed by atoms with E-state index in [1.54, 1.807) is 0 Å². The van der Waals surface area contributed by atoms with Crippen LogP contribution in [0.3, 0.4) is 0 Å². The Morgan fingerprint density at radius 2 is 1.80 bits per heavy atom. The van der Waals surface area contributed by atoms with Gasteiger partial charge >= 0.3 is 0 Å². The van der Waals surface area contributed by atoms with E-state index in [0.717, 1.165) is 28.2 Å². The van der Waals surface area contributed by atoms with Gasteiger partial charge in [-0.1, -0.05) is 48.0 Å². The summed E-state index contributed by atoms with van der Waals surface area (Å²) in [4.78, 5) is 17.5. The summed E-state index contributed by atoms with van der Waals surface area (Å²) in [5, 5.41) is 3.09. The summed E-state index contributed by atoms with van der Waals surface area (Å²) in [7, 11) is 0. The van der Waals surface area contributed by atoms with Gasteiger partial charge in [0.25, 0.3) is 5.91 Å². The van der Waals surface area contributed by atoms with Crippen LogP contribution in [0, 0.1) is 6.92 Å². The smallest absolute Gasteiger partial charge is 0.251 e. The number of rotatable bonds is 7. The summed E-state index contributed by atoms with van der Waals surface area (Å²) in [5.74, 6) is 1.54. The largest absolute Gasteiger partial charge is 0.492 e. The Bertz CT molecular complexity index is 1150. The molecule has 3 aromatic carbocycles. The fraction of sp³-hybridized carbons (Fsp3) is 0.200. The maximum Gasteiger partial charge on any atom is 0.251 e. The van der Waals surface area contributed by atoms with E-state index >= 15 is 0 Å². The molecule has 0 radical (unpaired) electrons. The number of aromatic nitrogens is 2. The molecule has 4 aromatic rings. The van der Waals surface area contributed by atoms with Crippen LogP contribution < -0.4 is 10.1 Å². The van der Waals surface area contributed by atoms with Gasteiger partial charge in [0, 0.05) is 5.56 Å². The minimum atomic E-state index is -0.248. The summed E-state index contributed by atoms with van der Waals surface area (Å²) < 4.78 is 8.02. The molecule has 1 amide bonds. The lowest BCUT2D eigenvalue weighted by molar-refractivity contribution is 0.0937. The summed E-state index contributed by atoms with van der Waals surface area (Å²) in [6, 6.07) is 25.1. The third-order valence-electron chi connectivity index (χ3n) is 5.03. The third-order valence-corrected chi connectivity index (χ3v) is 5.03. The monoisotopic (exact) mass is 399 g/mol. The number of nitrogens with zero attached hydrogens (tertiary/aromatic N) is 2. The van der Waals surface area contributed by atoms with E-state index in [1.807, 2.05) is 92.7 Å². The molecule has 5 nitrogen and oxygen atoms in total. The van der Waals surface area contributed by atoms with Crippen LogP contribution in [0.25, 0.3) is 11.0 Å². The van der Waals surface area contributed by atoms with Gasteiger partial charge in [-0.15, -0.1) is 0 Å². The van der Waals surface area contributed by atoms with Crippen molar-refractivity contribution in [2.45, 2.75) is 26.4 Å². The quantitative estimate of drug-likeness (QED) is 0.480. The van der Waals surface area contributed by atoms with E-state index in [0.29, 0.717) is 18.7 Å². The molecule has 1 unspecified atom stereocenters. The molecule has 1 atom stereocenters. The van der Waals surface area contributed by atoms with Gasteiger partial charge < -0.3 is 14.6 Å². The van der Waals surface area contributed by atoms with Gasteiger partial charge in [-0.3, -0.25) is 4.79 Å². The van der Waals surface area contributed by atoms with Crippen molar-refractivity contribution in [3.05, 3.63) is 95.8 Å². The minimum Gasteiger partial charge on any atom is -0.492 e. The van der Waals surface area contributed by atoms with E-state index in [4.69, 9.17) is 9.72 Å². The Morgan fingerprint density at radius 3 is 2.60 bits per heavy atom. The number of imidazole rings is 1. The normalized spacial score (nSPS) is 11.9. The molecule has 0 bridgehead atoms. The highest BCUT2D eigenvalue weighted by molar-refractivity contribution is 5.94. The number of aryl methyl sites for hydroxylation is 1. The molecule has 0 aliphatic carbocycles. The van der Waals surface area contributed by atoms with Crippen LogP contribution in [0.5, 0.6) is 5.75 Å². The number of nitrogens with one attached hydrogen (secondary N) is 1. The van der Waals surface area contributed by atoms with Crippen molar-refractivity contribution in [2.75, 3.05) is 6.61 Å². The number of fused-ring (bicyclic) bond motifs is 1. The molecule has 0 saturated carbocycles. The molecule has 4 rings (SSSR count). The Morgan fingerprint density at radius 1 is 1.03 bits per heavy atom. The zero-order valence-electron chi connectivity index (χ0n) is 17.2. The molecule has 152 valence electrons. The van der Waals surface area contributed by atoms with E-state index in [1.165, 1.54) is 0 Å². The van der Waals surface area contributed by atoms with Crippen molar-refractivity contribution >= 4 is 16.9 Å². The van der Waals surface area contributed by atoms with Gasteiger partial charge in [-0.2, -0.15) is 0 Å². The van der Waals surface area contributed by atoms with Gasteiger partial charge in [0.15, 0.2) is 0 Å². The molecule has 0 aliphatic rings. The van der Waals surface area contributed by atoms with Gasteiger partial charge in [0.05, 0.1) is 23.6 Å². The average Bonchev–Trinajstić information content (AvgIpc) is 3.13. The van der Waals surface area contributed by atoms with Crippen LogP contribution in [-0.2, 0) is 6.54 Å². The van der Waals surface area contributed by atoms with E-state index in [9.17, 15) is 4.79 Å². The van der Waals surface area contributed by atoms with E-state index in [-0.39, 0.29) is 11.9 Å². The number of hydrogen-bond donors (Lipinski definition) is 1. The van der Waals surface area contributed by atoms with Crippen LogP contribution in [-0.4, -0.2) is 22.1 Å². The average molecular weight is 399 g/mol. The molecule has 5 heteroatoms. The number of ether oxygens (including phenoxy) is 1. The fourth-order valence-corrected chi connectivity index (χ4v) is 3.56. The summed E-state index contributed by atoms with van der Waals surface area (Å²) >= 11 is 0. The SMILES string of the molecule is Cc1cccc(C(=O)NC(C)c2nc3ccccc3n2CCOc2ccccc2)c1. The first-order valence-electron chi connectivity index (χ1n) is 10.1. The van der Waals surface area contributed by atoms with Gasteiger partial charge in [-0.25, -0.2) is 4.98 Å². The molecule has 0 fully saturated rings. The molecule has 1 N–H and O–H groups in total. The number of hydrogen-bond acceptors (Lipinski definition) is 3. The Labute approximate surface area is 176 Å². The highest BCUT2D eigenvalue weighted by Crippen LogP contribution is 2.21. The maximum absolute atomic E-state index is 12.7. The van der Waals surface area contributed by atoms with Gasteiger partial charge in [0.1, 0.15) is 18.2 Å². The number of carbonyl (C=O) groups is 1. The first-order chi connectivity index (χ1) is 14.6. The van der Waals surface area contributed by atoms with E-state index < -0.39 is 0 Å². The zero-order chi connectivity index (χ0) is 20.9. The predicted molar refractivity (Wildman–Crippen MR) is 119 cm³/mol. The van der Waals surface area contributed by atoms with Crippen molar-refractivity contribution in [3.8, 4) is 5.75 Å². The van der Waals surface area contributed by atoms with Crippen molar-refractivity contribution in [2.24, 2.45) is 0 Å². The first-order valence-corrected chi connectivity index (χ1v) is 10.1. The summed E-state index contributed by atoms with van der Waals surface area (Å²) in [5.41, 5.74) is 3.64. The van der Waals surface area contributed by atoms with Crippen LogP contribution in [0.15, 0.2) is 78.9 Å². The molecule has 0 spiro atoms. The second kappa shape index (κ2) is 8.82. The molecule has 0 aliphatic heterocycles. The van der Waals surface area contributed by atoms with Gasteiger partial charge in [-0.05, 0) is 50.2 Å². The number of benzene rings is 3. The maximum atomic E-state index is 12.7. The topological polar surface area (TPSA) is 56.2 Å². The van der Waals surface area contributed by atoms with Crippen LogP contribution >= 0.6 is 0 Å². The number of carbonyl (C=O) groups excluding carboxylic acids is 1. The second-order valence-electron chi connectivity index (χ2n) is 7.34. The third kappa shape index (κ3) is 4.35. The number of amides is 1. The lowest BCUT2D eigenvalue weighted by Gasteiger charge is -2.17. The Hall–Kier alpha value is -3.60. The molecular weight excluding hydrogens is 374 g/mol. The first kappa shape index (κ1) is 19.7. The van der Waals surface area contributed by atoms with Crippen LogP contribution in [0.4, 0.5) is 0 Å². The predicted octanol–water partition coefficient (Wildman–Crippen LogP) is 4.91. The molecule has 0 saturated heterocycles. The number of para-hydroxylation sites is 3. The standard InChI is InChI=1S/C25H25N3O2/c1-18-9-8-10-20(17-18)25(29)26-19(2)24-27-22-13-6-7-14-23(22)28(24)15-16-30-21-11-4-3-5-12-21/h3-14,17,19H,15-16H2,1-2H3,(H,26,29). The molecule has 1 aromatic heterocycles. The second-order valence-corrected chi connectivity index (χ2v) is 7.34. The summed E-state index contributed by atoms with van der Waals surface area (Å²) in [6.07, 6.45) is 0. The lowest BCUT2D eigenvalue weighted by atomic mass is 10.1. The minimum absolute atomic E-state index is 0.106. The van der Waals surface area contributed by atoms with Crippen molar-refractivity contribution < 1.29 is 9.53 Å². The molecular formula is C25H25N3O2. The zero-order valence-corrected chi connectivity index (χ0v) is 17.2. The fourth-order valence-electron chi connectivity index (χ4n) is 3.56. The van der Waals surface area contributed by atoms with Crippen molar-refractivity contribution in [1.82, 2.24) is 14.9 Å². The van der Waals surface area contributed by atoms with Gasteiger partial charge in [0.2, 0.25) is 0 Å². The Kier molecular flexibility index (Phi) is 5.80. The Balaban J connectivity index is 1.55. The van der Waals surface area contributed by atoms with Crippen molar-refractivity contribution in [3.63, 3.8) is 0 Å². The summed E-state index contributed by atoms with van der Waals surface area (Å²) in [6.45, 7) is 5.08. The van der Waals surface area contributed by atoms with Crippen molar-refractivity contribution in [1.29, 1.82) is 0 Å². The molecule has 30 heavy (non-hydrogen) atoms. The molecule has 1 heterocycles. The lowest BCUT2D eigenvalue weighted by Crippen LogP contribution is -2.29. The van der Waals surface area contributed by atoms with Crippen LogP contribution in [0.1, 0.15) is 34.7 Å². The highest BCUT2D eigenvalue weighted by Gasteiger charge is 2.19. The highest BCUT2D eigenvalue weighted by atomic mass is 16.5. The van der Waals surface area contributed by atoms with E-state index in [2.05, 4.69) is 9.88 Å².